The highest BCUT2D eigenvalue weighted by Crippen LogP contribution is 1.71. The molecule has 0 aliphatic heterocycles. The summed E-state index contributed by atoms with van der Waals surface area (Å²) in [5, 5.41) is 8.16. The third-order valence-corrected chi connectivity index (χ3v) is 0.861. The molecule has 6 heteroatoms. The Bertz CT molecular complexity index is 150. The number of hydrogen-bond donors (Lipinski definition) is 4. The van der Waals surface area contributed by atoms with E-state index in [1.54, 1.807) is 14.1 Å². The summed E-state index contributed by atoms with van der Waals surface area (Å²) in [5.41, 5.74) is 12.8. The molecule has 0 bridgehead atoms. The van der Waals surface area contributed by atoms with Crippen LogP contribution in [0.1, 0.15) is 0 Å². The molecule has 0 spiro atoms. The molecule has 0 aliphatic carbocycles. The van der Waals surface area contributed by atoms with E-state index in [9.17, 15) is 0 Å². The van der Waals surface area contributed by atoms with Crippen LogP contribution in [0.4, 0.5) is 0 Å². The number of guanidine groups is 2. The van der Waals surface area contributed by atoms with Crippen molar-refractivity contribution in [3.05, 3.63) is 0 Å². The average molecular weight is 144 g/mol. The molecule has 58 valence electrons. The molecule has 10 heavy (non-hydrogen) atoms. The highest BCUT2D eigenvalue weighted by Gasteiger charge is 1.97. The van der Waals surface area contributed by atoms with Crippen molar-refractivity contribution < 1.29 is 0 Å². The number of aliphatic imine (C=N–C) groups is 1. The van der Waals surface area contributed by atoms with Crippen LogP contribution in [0.5, 0.6) is 0 Å². The van der Waals surface area contributed by atoms with Gasteiger partial charge in [-0.3, -0.25) is 20.8 Å². The number of nitrogens with zero attached hydrogens (tertiary/aromatic N) is 2. The van der Waals surface area contributed by atoms with Crippen molar-refractivity contribution >= 4 is 11.9 Å². The van der Waals surface area contributed by atoms with E-state index in [-0.39, 0.29) is 11.9 Å². The molecular weight excluding hydrogens is 132 g/mol. The van der Waals surface area contributed by atoms with E-state index in [1.165, 1.54) is 5.01 Å². The summed E-state index contributed by atoms with van der Waals surface area (Å²) in [4.78, 5) is 3.65. The number of nitrogens with one attached hydrogen (secondary N) is 2. The molecule has 0 heterocycles. The summed E-state index contributed by atoms with van der Waals surface area (Å²) in [6.07, 6.45) is 0. The van der Waals surface area contributed by atoms with Gasteiger partial charge in [-0.2, -0.15) is 0 Å². The Morgan fingerprint density at radius 1 is 1.60 bits per heavy atom. The Labute approximate surface area is 59.4 Å². The Balaban J connectivity index is 3.85. The van der Waals surface area contributed by atoms with Gasteiger partial charge < -0.3 is 11.5 Å². The Morgan fingerprint density at radius 3 is 2.40 bits per heavy atom. The van der Waals surface area contributed by atoms with Crippen molar-refractivity contribution in [2.75, 3.05) is 14.1 Å². The van der Waals surface area contributed by atoms with Gasteiger partial charge in [-0.1, -0.05) is 0 Å². The van der Waals surface area contributed by atoms with Crippen LogP contribution < -0.4 is 16.9 Å². The van der Waals surface area contributed by atoms with E-state index in [1.807, 2.05) is 0 Å². The first-order chi connectivity index (χ1) is 4.57. The van der Waals surface area contributed by atoms with Gasteiger partial charge in [-0.05, 0) is 0 Å². The van der Waals surface area contributed by atoms with Gasteiger partial charge in [0.25, 0.3) is 0 Å². The van der Waals surface area contributed by atoms with Crippen LogP contribution in [-0.4, -0.2) is 31.0 Å². The van der Waals surface area contributed by atoms with Crippen molar-refractivity contribution in [2.24, 2.45) is 16.5 Å². The monoisotopic (exact) mass is 144 g/mol. The van der Waals surface area contributed by atoms with Gasteiger partial charge in [0.1, 0.15) is 0 Å². The summed E-state index contributed by atoms with van der Waals surface area (Å²) >= 11 is 0. The Morgan fingerprint density at radius 2 is 2.10 bits per heavy atom. The average Bonchev–Trinajstić information content (AvgIpc) is 1.85. The molecule has 0 saturated carbocycles. The Hall–Kier alpha value is -1.46. The van der Waals surface area contributed by atoms with Gasteiger partial charge in [0, 0.05) is 14.1 Å². The SMILES string of the molecule is CN=C(N)N(C)NC(=N)N. The maximum atomic E-state index is 6.81. The summed E-state index contributed by atoms with van der Waals surface area (Å²) < 4.78 is 0. The van der Waals surface area contributed by atoms with Crippen molar-refractivity contribution in [1.82, 2.24) is 10.4 Å². The van der Waals surface area contributed by atoms with Crippen LogP contribution in [0.2, 0.25) is 0 Å². The fraction of sp³-hybridized carbons (Fsp3) is 0.500. The summed E-state index contributed by atoms with van der Waals surface area (Å²) in [5.74, 6) is 0.101. The predicted octanol–water partition coefficient (Wildman–Crippen LogP) is -1.74. The van der Waals surface area contributed by atoms with Gasteiger partial charge in [-0.25, -0.2) is 0 Å². The lowest BCUT2D eigenvalue weighted by Crippen LogP contribution is -2.49. The smallest absolute Gasteiger partial charge is 0.209 e. The van der Waals surface area contributed by atoms with E-state index in [0.717, 1.165) is 0 Å². The van der Waals surface area contributed by atoms with Crippen LogP contribution in [-0.2, 0) is 0 Å². The van der Waals surface area contributed by atoms with E-state index in [4.69, 9.17) is 16.9 Å². The van der Waals surface area contributed by atoms with Gasteiger partial charge in [-0.15, -0.1) is 0 Å². The molecule has 0 aromatic rings. The highest BCUT2D eigenvalue weighted by molar-refractivity contribution is 5.82. The number of hydrazine groups is 1. The minimum Gasteiger partial charge on any atom is -0.369 e. The van der Waals surface area contributed by atoms with E-state index in [2.05, 4.69) is 10.4 Å². The van der Waals surface area contributed by atoms with Crippen LogP contribution >= 0.6 is 0 Å². The third-order valence-electron chi connectivity index (χ3n) is 0.861. The lowest BCUT2D eigenvalue weighted by atomic mass is 10.9. The van der Waals surface area contributed by atoms with Crippen LogP contribution in [0.25, 0.3) is 0 Å². The molecule has 6 nitrogen and oxygen atoms in total. The second-order valence-electron chi connectivity index (χ2n) is 1.67. The predicted molar refractivity (Wildman–Crippen MR) is 40.4 cm³/mol. The lowest BCUT2D eigenvalue weighted by Gasteiger charge is -2.17. The number of hydrogen-bond acceptors (Lipinski definition) is 2. The molecule has 6 N–H and O–H groups in total. The minimum atomic E-state index is -0.172. The largest absolute Gasteiger partial charge is 0.369 e. The molecule has 0 aliphatic rings. The van der Waals surface area contributed by atoms with Crippen molar-refractivity contribution in [1.29, 1.82) is 5.41 Å². The molecule has 0 aromatic heterocycles. The van der Waals surface area contributed by atoms with Crippen LogP contribution in [0.15, 0.2) is 4.99 Å². The van der Waals surface area contributed by atoms with Gasteiger partial charge in [0.05, 0.1) is 0 Å². The normalized spacial score (nSPS) is 10.8. The van der Waals surface area contributed by atoms with Crippen molar-refractivity contribution in [2.45, 2.75) is 0 Å². The van der Waals surface area contributed by atoms with Crippen LogP contribution in [0, 0.1) is 5.41 Å². The van der Waals surface area contributed by atoms with E-state index in [0.29, 0.717) is 0 Å². The molecular formula is C4H12N6. The summed E-state index contributed by atoms with van der Waals surface area (Å²) in [7, 11) is 3.16. The zero-order chi connectivity index (χ0) is 8.15. The zero-order valence-electron chi connectivity index (χ0n) is 6.05. The number of nitrogens with two attached hydrogens (primary N) is 2. The number of rotatable bonds is 0. The van der Waals surface area contributed by atoms with Gasteiger partial charge in [0.2, 0.25) is 11.9 Å². The maximum absolute atomic E-state index is 6.81. The quantitative estimate of drug-likeness (QED) is 0.184. The summed E-state index contributed by atoms with van der Waals surface area (Å²) in [6, 6.07) is 0. The molecule has 0 unspecified atom stereocenters. The topological polar surface area (TPSA) is 104 Å². The molecule has 0 amide bonds. The van der Waals surface area contributed by atoms with Crippen LogP contribution in [0.3, 0.4) is 0 Å². The Kier molecular flexibility index (Phi) is 3.03. The third kappa shape index (κ3) is 2.75. The molecule has 0 saturated heterocycles. The minimum absolute atomic E-state index is 0.172. The first-order valence-electron chi connectivity index (χ1n) is 2.64. The first kappa shape index (κ1) is 8.54. The second-order valence-corrected chi connectivity index (χ2v) is 1.67. The molecule has 0 fully saturated rings. The second kappa shape index (κ2) is 3.54. The van der Waals surface area contributed by atoms with Crippen molar-refractivity contribution in [3.63, 3.8) is 0 Å². The van der Waals surface area contributed by atoms with Crippen molar-refractivity contribution in [3.8, 4) is 0 Å². The van der Waals surface area contributed by atoms with E-state index >= 15 is 0 Å². The molecule has 0 atom stereocenters. The van der Waals surface area contributed by atoms with Gasteiger partial charge in [0.15, 0.2) is 0 Å². The lowest BCUT2D eigenvalue weighted by molar-refractivity contribution is 0.446. The molecule has 0 radical (unpaired) electrons. The van der Waals surface area contributed by atoms with Gasteiger partial charge >= 0.3 is 0 Å². The summed E-state index contributed by atoms with van der Waals surface area (Å²) in [6.45, 7) is 0. The maximum Gasteiger partial charge on any atom is 0.209 e. The molecule has 0 aromatic carbocycles. The van der Waals surface area contributed by atoms with E-state index < -0.39 is 0 Å². The first-order valence-corrected chi connectivity index (χ1v) is 2.64. The molecule has 0 rings (SSSR count). The highest BCUT2D eigenvalue weighted by atomic mass is 15.6. The zero-order valence-corrected chi connectivity index (χ0v) is 6.05. The standard InChI is InChI=1S/C4H12N6/c1-8-4(7)10(2)9-3(5)6/h1-2H3,(H2,7,8)(H4,5,6,9). The fourth-order valence-corrected chi connectivity index (χ4v) is 0.388. The fourth-order valence-electron chi connectivity index (χ4n) is 0.388.